The second-order valence-electron chi connectivity index (χ2n) is 2.26. The van der Waals surface area contributed by atoms with Gasteiger partial charge in [-0.15, -0.1) is 0 Å². The highest BCUT2D eigenvalue weighted by molar-refractivity contribution is 5.87. The van der Waals surface area contributed by atoms with Gasteiger partial charge in [0.25, 0.3) is 0 Å². The number of carbonyl (C=O) groups is 1. The SMILES string of the molecule is C=CC=C/C=C/C=C/C(=O)NCC. The van der Waals surface area contributed by atoms with Crippen LogP contribution in [0.5, 0.6) is 0 Å². The number of carbonyl (C=O) groups excluding carboxylic acids is 1. The maximum atomic E-state index is 10.9. The Balaban J connectivity index is 3.73. The molecule has 0 spiro atoms. The van der Waals surface area contributed by atoms with Crippen molar-refractivity contribution >= 4 is 5.91 Å². The average Bonchev–Trinajstić information content (AvgIpc) is 2.11. The number of hydrogen-bond donors (Lipinski definition) is 1. The summed E-state index contributed by atoms with van der Waals surface area (Å²) < 4.78 is 0. The quantitative estimate of drug-likeness (QED) is 0.505. The summed E-state index contributed by atoms with van der Waals surface area (Å²) in [6, 6.07) is 0. The Hall–Kier alpha value is -1.57. The van der Waals surface area contributed by atoms with Crippen LogP contribution in [0.15, 0.2) is 49.1 Å². The first kappa shape index (κ1) is 11.4. The van der Waals surface area contributed by atoms with E-state index in [0.717, 1.165) is 0 Å². The number of rotatable bonds is 5. The monoisotopic (exact) mass is 177 g/mol. The Labute approximate surface area is 79.3 Å². The van der Waals surface area contributed by atoms with Crippen molar-refractivity contribution in [3.05, 3.63) is 49.1 Å². The molecule has 0 aliphatic carbocycles. The summed E-state index contributed by atoms with van der Waals surface area (Å²) in [6.45, 7) is 6.07. The van der Waals surface area contributed by atoms with Crippen LogP contribution >= 0.6 is 0 Å². The number of nitrogens with one attached hydrogen (secondary N) is 1. The van der Waals surface area contributed by atoms with E-state index in [1.807, 2.05) is 25.2 Å². The van der Waals surface area contributed by atoms with Gasteiger partial charge in [-0.05, 0) is 6.92 Å². The topological polar surface area (TPSA) is 29.1 Å². The fourth-order valence-electron chi connectivity index (χ4n) is 0.647. The summed E-state index contributed by atoms with van der Waals surface area (Å²) in [5, 5.41) is 2.65. The minimum Gasteiger partial charge on any atom is -0.353 e. The van der Waals surface area contributed by atoms with Crippen molar-refractivity contribution in [1.29, 1.82) is 0 Å². The van der Waals surface area contributed by atoms with Crippen LogP contribution in [-0.2, 0) is 4.79 Å². The Morgan fingerprint density at radius 3 is 2.46 bits per heavy atom. The van der Waals surface area contributed by atoms with Gasteiger partial charge in [0.05, 0.1) is 0 Å². The zero-order valence-corrected chi connectivity index (χ0v) is 7.86. The molecule has 0 aromatic heterocycles. The summed E-state index contributed by atoms with van der Waals surface area (Å²) >= 11 is 0. The van der Waals surface area contributed by atoms with Gasteiger partial charge in [0.15, 0.2) is 0 Å². The van der Waals surface area contributed by atoms with Crippen molar-refractivity contribution in [3.8, 4) is 0 Å². The molecule has 0 aliphatic heterocycles. The van der Waals surface area contributed by atoms with Gasteiger partial charge in [0.1, 0.15) is 0 Å². The molecule has 1 N–H and O–H groups in total. The lowest BCUT2D eigenvalue weighted by atomic mass is 10.4. The summed E-state index contributed by atoms with van der Waals surface area (Å²) in [5.74, 6) is -0.0696. The molecule has 0 saturated carbocycles. The van der Waals surface area contributed by atoms with Crippen LogP contribution in [0.25, 0.3) is 0 Å². The summed E-state index contributed by atoms with van der Waals surface area (Å²) in [7, 11) is 0. The highest BCUT2D eigenvalue weighted by Gasteiger charge is 1.86. The molecule has 13 heavy (non-hydrogen) atoms. The number of allylic oxidation sites excluding steroid dienone is 6. The third-order valence-electron chi connectivity index (χ3n) is 1.18. The lowest BCUT2D eigenvalue weighted by Gasteiger charge is -1.91. The first-order valence-corrected chi connectivity index (χ1v) is 4.21. The molecule has 0 atom stereocenters. The Morgan fingerprint density at radius 1 is 1.23 bits per heavy atom. The number of hydrogen-bond acceptors (Lipinski definition) is 1. The molecule has 0 aromatic rings. The largest absolute Gasteiger partial charge is 0.353 e. The minimum atomic E-state index is -0.0696. The van der Waals surface area contributed by atoms with Crippen molar-refractivity contribution in [2.45, 2.75) is 6.92 Å². The molecule has 0 fully saturated rings. The van der Waals surface area contributed by atoms with Gasteiger partial charge in [0.2, 0.25) is 5.91 Å². The Bertz CT molecular complexity index is 236. The summed E-state index contributed by atoms with van der Waals surface area (Å²) in [5.41, 5.74) is 0. The van der Waals surface area contributed by atoms with Gasteiger partial charge in [-0.1, -0.05) is 43.0 Å². The molecule has 1 amide bonds. The van der Waals surface area contributed by atoms with Gasteiger partial charge in [-0.3, -0.25) is 4.79 Å². The molecule has 0 rings (SSSR count). The van der Waals surface area contributed by atoms with Crippen molar-refractivity contribution in [2.75, 3.05) is 6.54 Å². The third-order valence-corrected chi connectivity index (χ3v) is 1.18. The lowest BCUT2D eigenvalue weighted by molar-refractivity contribution is -0.116. The van der Waals surface area contributed by atoms with Crippen molar-refractivity contribution in [2.24, 2.45) is 0 Å². The van der Waals surface area contributed by atoms with E-state index < -0.39 is 0 Å². The summed E-state index contributed by atoms with van der Waals surface area (Å²) in [6.07, 6.45) is 12.1. The minimum absolute atomic E-state index is 0.0696. The third kappa shape index (κ3) is 8.34. The molecule has 0 radical (unpaired) electrons. The molecule has 0 saturated heterocycles. The molecule has 0 heterocycles. The van der Waals surface area contributed by atoms with Crippen molar-refractivity contribution < 1.29 is 4.79 Å². The highest BCUT2D eigenvalue weighted by atomic mass is 16.1. The molecule has 2 nitrogen and oxygen atoms in total. The predicted octanol–water partition coefficient (Wildman–Crippen LogP) is 1.98. The van der Waals surface area contributed by atoms with Crippen LogP contribution in [0.3, 0.4) is 0 Å². The average molecular weight is 177 g/mol. The second-order valence-corrected chi connectivity index (χ2v) is 2.26. The van der Waals surface area contributed by atoms with Gasteiger partial charge in [-0.2, -0.15) is 0 Å². The first-order valence-electron chi connectivity index (χ1n) is 4.21. The molecular formula is C11H15NO. The van der Waals surface area contributed by atoms with Crippen molar-refractivity contribution in [1.82, 2.24) is 5.32 Å². The highest BCUT2D eigenvalue weighted by Crippen LogP contribution is 1.81. The van der Waals surface area contributed by atoms with E-state index in [-0.39, 0.29) is 5.91 Å². The van der Waals surface area contributed by atoms with Gasteiger partial charge in [0, 0.05) is 12.6 Å². The number of likely N-dealkylation sites (N-methyl/N-ethyl adjacent to an activating group) is 1. The zero-order valence-electron chi connectivity index (χ0n) is 7.86. The molecule has 0 bridgehead atoms. The molecule has 0 unspecified atom stereocenters. The fraction of sp³-hybridized carbons (Fsp3) is 0.182. The predicted molar refractivity (Wildman–Crippen MR) is 56.3 cm³/mol. The molecule has 70 valence electrons. The number of amides is 1. The summed E-state index contributed by atoms with van der Waals surface area (Å²) in [4.78, 5) is 10.9. The van der Waals surface area contributed by atoms with Crippen LogP contribution in [0.4, 0.5) is 0 Å². The lowest BCUT2D eigenvalue weighted by Crippen LogP contribution is -2.19. The smallest absolute Gasteiger partial charge is 0.243 e. The van der Waals surface area contributed by atoms with Gasteiger partial charge in [-0.25, -0.2) is 0 Å². The Kier molecular flexibility index (Phi) is 7.50. The van der Waals surface area contributed by atoms with Crippen LogP contribution in [0.1, 0.15) is 6.92 Å². The van der Waals surface area contributed by atoms with E-state index in [4.69, 9.17) is 0 Å². The standard InChI is InChI=1S/C11H15NO/c1-3-5-6-7-8-9-10-11(13)12-4-2/h3,5-10H,1,4H2,2H3,(H,12,13)/b6-5?,8-7+,10-9+. The van der Waals surface area contributed by atoms with Crippen molar-refractivity contribution in [3.63, 3.8) is 0 Å². The maximum Gasteiger partial charge on any atom is 0.243 e. The van der Waals surface area contributed by atoms with E-state index in [2.05, 4.69) is 11.9 Å². The molecule has 0 aromatic carbocycles. The van der Waals surface area contributed by atoms with Gasteiger partial charge < -0.3 is 5.32 Å². The van der Waals surface area contributed by atoms with E-state index >= 15 is 0 Å². The van der Waals surface area contributed by atoms with Crippen LogP contribution in [-0.4, -0.2) is 12.5 Å². The Morgan fingerprint density at radius 2 is 1.85 bits per heavy atom. The zero-order chi connectivity index (χ0) is 9.94. The van der Waals surface area contributed by atoms with Crippen LogP contribution < -0.4 is 5.32 Å². The maximum absolute atomic E-state index is 10.9. The van der Waals surface area contributed by atoms with Crippen LogP contribution in [0.2, 0.25) is 0 Å². The first-order chi connectivity index (χ1) is 6.31. The van der Waals surface area contributed by atoms with E-state index in [0.29, 0.717) is 6.54 Å². The van der Waals surface area contributed by atoms with E-state index in [1.165, 1.54) is 6.08 Å². The molecule has 2 heteroatoms. The molecular weight excluding hydrogens is 162 g/mol. The van der Waals surface area contributed by atoms with E-state index in [9.17, 15) is 4.79 Å². The van der Waals surface area contributed by atoms with E-state index in [1.54, 1.807) is 18.2 Å². The second kappa shape index (κ2) is 8.53. The van der Waals surface area contributed by atoms with Crippen LogP contribution in [0, 0.1) is 0 Å². The molecule has 0 aliphatic rings. The normalized spacial score (nSPS) is 11.5. The fourth-order valence-corrected chi connectivity index (χ4v) is 0.647. The van der Waals surface area contributed by atoms with Gasteiger partial charge >= 0.3 is 0 Å².